The lowest BCUT2D eigenvalue weighted by atomic mass is 9.91. The van der Waals surface area contributed by atoms with E-state index in [1.807, 2.05) is 11.0 Å². The fraction of sp³-hybridized carbons (Fsp3) is 0.296. The van der Waals surface area contributed by atoms with Crippen LogP contribution in [0, 0.1) is 11.8 Å². The summed E-state index contributed by atoms with van der Waals surface area (Å²) in [5.41, 5.74) is 2.37. The van der Waals surface area contributed by atoms with Crippen molar-refractivity contribution >= 4 is 28.0 Å². The van der Waals surface area contributed by atoms with Gasteiger partial charge in [-0.15, -0.1) is 0 Å². The Morgan fingerprint density at radius 3 is 2.70 bits per heavy atom. The number of hydrogen-bond acceptors (Lipinski definition) is 4. The Hall–Kier alpha value is -3.92. The van der Waals surface area contributed by atoms with Crippen LogP contribution in [0.2, 0.25) is 0 Å². The number of H-pyrrole nitrogens is 1. The number of nitrogens with one attached hydrogen (secondary N) is 2. The number of benzene rings is 1. The van der Waals surface area contributed by atoms with Crippen molar-refractivity contribution in [3.05, 3.63) is 87.6 Å². The predicted molar refractivity (Wildman–Crippen MR) is 133 cm³/mol. The van der Waals surface area contributed by atoms with Crippen LogP contribution in [0.3, 0.4) is 0 Å². The van der Waals surface area contributed by atoms with Crippen molar-refractivity contribution in [3.63, 3.8) is 0 Å². The van der Waals surface area contributed by atoms with Gasteiger partial charge in [-0.2, -0.15) is 4.39 Å². The Labute approximate surface area is 209 Å². The van der Waals surface area contributed by atoms with Gasteiger partial charge in [-0.05, 0) is 55.2 Å². The average molecular weight is 508 g/mol. The summed E-state index contributed by atoms with van der Waals surface area (Å²) < 4.78 is 44.7. The van der Waals surface area contributed by atoms with E-state index >= 15 is 4.39 Å². The molecule has 4 aromatic rings. The van der Waals surface area contributed by atoms with Gasteiger partial charge in [0.25, 0.3) is 11.5 Å². The standard InChI is InChI=1S/C27H24F3N5O2/c28-17-12-18(13-17)31-26(36)20-5-4-19(25(30)32-20)15-7-10-34(11-8-15)14-16-3-6-21-24(23(16)29)33-27(37)22-2-1-9-35(21)22/h1-7,9,17-18H,8,10-14H2,(H,31,36)(H,33,37). The van der Waals surface area contributed by atoms with Gasteiger partial charge in [0.05, 0.1) is 5.52 Å². The zero-order chi connectivity index (χ0) is 25.7. The monoisotopic (exact) mass is 507 g/mol. The number of halogens is 3. The molecule has 2 aliphatic rings. The van der Waals surface area contributed by atoms with Gasteiger partial charge in [-0.3, -0.25) is 14.5 Å². The van der Waals surface area contributed by atoms with Crippen LogP contribution in [0.15, 0.2) is 53.5 Å². The second-order valence-corrected chi connectivity index (χ2v) is 9.64. The molecule has 4 heterocycles. The SMILES string of the molecule is O=C(NC1CC(F)C1)c1ccc(C2=CCN(Cc3ccc4c([nH]c(=O)c5cccn54)c3F)CC2)c(F)n1. The summed E-state index contributed by atoms with van der Waals surface area (Å²) in [5, 5.41) is 2.66. The number of hydrogen-bond donors (Lipinski definition) is 2. The highest BCUT2D eigenvalue weighted by Gasteiger charge is 2.30. The number of amides is 1. The van der Waals surface area contributed by atoms with E-state index < -0.39 is 23.8 Å². The lowest BCUT2D eigenvalue weighted by Crippen LogP contribution is -2.45. The lowest BCUT2D eigenvalue weighted by molar-refractivity contribution is 0.0854. The maximum absolute atomic E-state index is 15.3. The minimum atomic E-state index is -0.896. The second kappa shape index (κ2) is 9.19. The molecule has 1 amide bonds. The first-order valence-corrected chi connectivity index (χ1v) is 12.2. The average Bonchev–Trinajstić information content (AvgIpc) is 3.37. The molecule has 190 valence electrons. The normalized spacial score (nSPS) is 20.1. The maximum atomic E-state index is 15.3. The highest BCUT2D eigenvalue weighted by molar-refractivity contribution is 5.92. The van der Waals surface area contributed by atoms with E-state index in [0.29, 0.717) is 48.2 Å². The smallest absolute Gasteiger partial charge is 0.272 e. The number of carbonyl (C=O) groups excluding carboxylic acids is 1. The number of nitrogens with zero attached hydrogens (tertiary/aromatic N) is 3. The van der Waals surface area contributed by atoms with Gasteiger partial charge in [-0.25, -0.2) is 13.8 Å². The van der Waals surface area contributed by atoms with Crippen LogP contribution in [-0.2, 0) is 6.54 Å². The third-order valence-electron chi connectivity index (χ3n) is 7.21. The Kier molecular flexibility index (Phi) is 5.83. The van der Waals surface area contributed by atoms with Gasteiger partial charge in [0, 0.05) is 43.0 Å². The molecule has 6 rings (SSSR count). The van der Waals surface area contributed by atoms with Crippen LogP contribution in [0.4, 0.5) is 13.2 Å². The molecule has 2 N–H and O–H groups in total. The predicted octanol–water partition coefficient (Wildman–Crippen LogP) is 3.97. The van der Waals surface area contributed by atoms with Crippen LogP contribution in [0.5, 0.6) is 0 Å². The summed E-state index contributed by atoms with van der Waals surface area (Å²) in [7, 11) is 0. The Bertz CT molecular complexity index is 1620. The number of fused-ring (bicyclic) bond motifs is 3. The minimum Gasteiger partial charge on any atom is -0.348 e. The van der Waals surface area contributed by atoms with Crippen molar-refractivity contribution in [2.24, 2.45) is 0 Å². The molecular formula is C27H24F3N5O2. The molecule has 7 nitrogen and oxygen atoms in total. The van der Waals surface area contributed by atoms with Crippen LogP contribution in [0.1, 0.15) is 40.9 Å². The molecular weight excluding hydrogens is 483 g/mol. The number of pyridine rings is 1. The molecule has 0 atom stereocenters. The molecule has 37 heavy (non-hydrogen) atoms. The molecule has 1 fully saturated rings. The second-order valence-electron chi connectivity index (χ2n) is 9.64. The van der Waals surface area contributed by atoms with E-state index in [9.17, 15) is 18.4 Å². The number of carbonyl (C=O) groups is 1. The molecule has 1 aromatic carbocycles. The zero-order valence-corrected chi connectivity index (χ0v) is 19.8. The topological polar surface area (TPSA) is 82.5 Å². The minimum absolute atomic E-state index is 0.0383. The molecule has 0 saturated heterocycles. The third-order valence-corrected chi connectivity index (χ3v) is 7.21. The molecule has 1 aliphatic carbocycles. The van der Waals surface area contributed by atoms with Crippen molar-refractivity contribution < 1.29 is 18.0 Å². The highest BCUT2D eigenvalue weighted by atomic mass is 19.1. The summed E-state index contributed by atoms with van der Waals surface area (Å²) in [6.45, 7) is 1.38. The van der Waals surface area contributed by atoms with Crippen molar-refractivity contribution in [1.82, 2.24) is 24.6 Å². The molecule has 0 bridgehead atoms. The van der Waals surface area contributed by atoms with Gasteiger partial charge >= 0.3 is 0 Å². The number of aromatic nitrogens is 3. The highest BCUT2D eigenvalue weighted by Crippen LogP contribution is 2.27. The van der Waals surface area contributed by atoms with Gasteiger partial charge in [0.2, 0.25) is 5.95 Å². The Morgan fingerprint density at radius 2 is 1.97 bits per heavy atom. The fourth-order valence-electron chi connectivity index (χ4n) is 5.07. The van der Waals surface area contributed by atoms with E-state index in [4.69, 9.17) is 0 Å². The van der Waals surface area contributed by atoms with E-state index in [-0.39, 0.29) is 35.7 Å². The number of alkyl halides is 1. The summed E-state index contributed by atoms with van der Waals surface area (Å²) >= 11 is 0. The van der Waals surface area contributed by atoms with Crippen molar-refractivity contribution in [1.29, 1.82) is 0 Å². The molecule has 1 saturated carbocycles. The largest absolute Gasteiger partial charge is 0.348 e. The number of rotatable bonds is 5. The van der Waals surface area contributed by atoms with E-state index in [1.54, 1.807) is 40.9 Å². The summed E-state index contributed by atoms with van der Waals surface area (Å²) in [6, 6.07) is 9.71. The number of aromatic amines is 1. The third kappa shape index (κ3) is 4.31. The summed E-state index contributed by atoms with van der Waals surface area (Å²) in [4.78, 5) is 33.1. The quantitative estimate of drug-likeness (QED) is 0.401. The van der Waals surface area contributed by atoms with Crippen LogP contribution in [-0.4, -0.2) is 50.5 Å². The van der Waals surface area contributed by atoms with Gasteiger partial charge < -0.3 is 14.7 Å². The molecule has 3 aromatic heterocycles. The van der Waals surface area contributed by atoms with E-state index in [0.717, 1.165) is 5.57 Å². The van der Waals surface area contributed by atoms with E-state index in [2.05, 4.69) is 15.3 Å². The lowest BCUT2D eigenvalue weighted by Gasteiger charge is -2.30. The first-order valence-electron chi connectivity index (χ1n) is 12.2. The summed E-state index contributed by atoms with van der Waals surface area (Å²) in [6.07, 6.45) is 3.78. The van der Waals surface area contributed by atoms with Crippen LogP contribution < -0.4 is 10.9 Å². The summed E-state index contributed by atoms with van der Waals surface area (Å²) in [5.74, 6) is -1.71. The fourth-order valence-corrected chi connectivity index (χ4v) is 5.07. The first kappa shape index (κ1) is 23.5. The zero-order valence-electron chi connectivity index (χ0n) is 19.8. The first-order chi connectivity index (χ1) is 17.9. The van der Waals surface area contributed by atoms with Crippen molar-refractivity contribution in [3.8, 4) is 0 Å². The van der Waals surface area contributed by atoms with Gasteiger partial charge in [0.15, 0.2) is 5.82 Å². The molecule has 0 spiro atoms. The van der Waals surface area contributed by atoms with Crippen LogP contribution >= 0.6 is 0 Å². The van der Waals surface area contributed by atoms with Gasteiger partial charge in [0.1, 0.15) is 22.9 Å². The maximum Gasteiger partial charge on any atom is 0.272 e. The molecule has 10 heteroatoms. The van der Waals surface area contributed by atoms with E-state index in [1.165, 1.54) is 6.07 Å². The molecule has 0 radical (unpaired) electrons. The Balaban J connectivity index is 1.16. The molecule has 1 aliphatic heterocycles. The van der Waals surface area contributed by atoms with Gasteiger partial charge in [-0.1, -0.05) is 12.1 Å². The van der Waals surface area contributed by atoms with Crippen molar-refractivity contribution in [2.45, 2.75) is 38.0 Å². The van der Waals surface area contributed by atoms with Crippen LogP contribution in [0.25, 0.3) is 22.1 Å². The van der Waals surface area contributed by atoms with Crippen molar-refractivity contribution in [2.75, 3.05) is 13.1 Å². The molecule has 0 unspecified atom stereocenters. The Morgan fingerprint density at radius 1 is 1.14 bits per heavy atom.